The quantitative estimate of drug-likeness (QED) is 0.182. The zero-order valence-electron chi connectivity index (χ0n) is 25.4. The highest BCUT2D eigenvalue weighted by Crippen LogP contribution is 2.58. The van der Waals surface area contributed by atoms with Crippen molar-refractivity contribution in [3.63, 3.8) is 0 Å². The second-order valence-corrected chi connectivity index (χ2v) is 14.6. The van der Waals surface area contributed by atoms with E-state index in [0.29, 0.717) is 35.5 Å². The summed E-state index contributed by atoms with van der Waals surface area (Å²) in [6.45, 7) is 9.29. The molecule has 9 aliphatic carbocycles. The number of hydrogen-bond donors (Lipinski definition) is 4. The van der Waals surface area contributed by atoms with Gasteiger partial charge in [-0.25, -0.2) is 0 Å². The molecule has 0 saturated heterocycles. The third kappa shape index (κ3) is 2.94. The van der Waals surface area contributed by atoms with Crippen molar-refractivity contribution in [3.05, 3.63) is 114 Å². The van der Waals surface area contributed by atoms with E-state index in [9.17, 15) is 0 Å². The Morgan fingerprint density at radius 3 is 1.07 bits per heavy atom. The fraction of sp³-hybridized carbons (Fsp3) is 0.474. The fourth-order valence-corrected chi connectivity index (χ4v) is 11.1. The van der Waals surface area contributed by atoms with Crippen molar-refractivity contribution >= 4 is 0 Å². The molecule has 0 fully saturated rings. The topological polar surface area (TPSA) is 63.2 Å². The first-order valence-corrected chi connectivity index (χ1v) is 16.7. The molecule has 13 rings (SSSR count). The third-order valence-electron chi connectivity index (χ3n) is 12.5. The Morgan fingerprint density at radius 2 is 0.714 bits per heavy atom. The van der Waals surface area contributed by atoms with E-state index < -0.39 is 0 Å². The predicted octanol–water partition coefficient (Wildman–Crippen LogP) is 8.85. The number of aromatic nitrogens is 4. The Balaban J connectivity index is 1.05. The molecular formula is C38H42N4. The molecule has 4 N–H and O–H groups in total. The van der Waals surface area contributed by atoms with Gasteiger partial charge in [0.15, 0.2) is 0 Å². The van der Waals surface area contributed by atoms with Crippen LogP contribution < -0.4 is 0 Å². The van der Waals surface area contributed by atoms with Gasteiger partial charge in [-0.1, -0.05) is 24.3 Å². The number of allylic oxidation sites excluding steroid dienone is 4. The van der Waals surface area contributed by atoms with Gasteiger partial charge in [0.05, 0.1) is 0 Å². The molecule has 9 aliphatic rings. The van der Waals surface area contributed by atoms with Crippen LogP contribution in [0.15, 0.2) is 24.3 Å². The van der Waals surface area contributed by atoms with Crippen molar-refractivity contribution in [2.45, 2.75) is 115 Å². The molecule has 4 aromatic rings. The fourth-order valence-electron chi connectivity index (χ4n) is 11.1. The van der Waals surface area contributed by atoms with E-state index in [4.69, 9.17) is 0 Å². The summed E-state index contributed by atoms with van der Waals surface area (Å²) in [6.07, 6.45) is 19.7. The number of hydrogen-bond acceptors (Lipinski definition) is 0. The summed E-state index contributed by atoms with van der Waals surface area (Å²) in [7, 11) is 0. The van der Waals surface area contributed by atoms with Crippen LogP contribution in [0.25, 0.3) is 0 Å². The first-order valence-electron chi connectivity index (χ1n) is 16.7. The maximum Gasteiger partial charge on any atom is 0.0284 e. The highest BCUT2D eigenvalue weighted by molar-refractivity contribution is 5.63. The lowest BCUT2D eigenvalue weighted by molar-refractivity contribution is 0.517. The smallest absolute Gasteiger partial charge is 0.0284 e. The van der Waals surface area contributed by atoms with Crippen LogP contribution in [-0.4, -0.2) is 19.9 Å². The minimum Gasteiger partial charge on any atom is -0.362 e. The first kappa shape index (κ1) is 24.1. The highest BCUT2D eigenvalue weighted by Gasteiger charge is 2.45. The van der Waals surface area contributed by atoms with Crippen molar-refractivity contribution in [3.8, 4) is 0 Å². The summed E-state index contributed by atoms with van der Waals surface area (Å²) in [4.78, 5) is 15.7. The molecular weight excluding hydrogens is 512 g/mol. The van der Waals surface area contributed by atoms with E-state index in [2.05, 4.69) is 71.9 Å². The average molecular weight is 555 g/mol. The van der Waals surface area contributed by atoms with Crippen molar-refractivity contribution in [1.82, 2.24) is 19.9 Å². The number of aryl methyl sites for hydroxylation is 4. The standard InChI is InChI=1S/C38H42N4/c1-17-31-21-5-9-23(10-6-21)35(31)27(39-17)15-29-37-25-13-14-26(33(37)19(3)41-29)38-30(42-20(4)34(25)38)16-28-36-24-11-7-22(8-12-24)32(36)18(2)40-28/h5,7,9,11,21-26,39-42H,6,8,10,12-16H2,1-4H3/t21-,22-,23+,24+,25-,26-/m0/s1. The zero-order valence-corrected chi connectivity index (χ0v) is 25.4. The summed E-state index contributed by atoms with van der Waals surface area (Å²) in [5.41, 5.74) is 24.5. The molecule has 0 unspecified atom stereocenters. The van der Waals surface area contributed by atoms with E-state index in [1.54, 1.807) is 44.5 Å². The largest absolute Gasteiger partial charge is 0.362 e. The first-order chi connectivity index (χ1) is 20.5. The number of rotatable bonds is 4. The molecule has 214 valence electrons. The number of aromatic amines is 4. The van der Waals surface area contributed by atoms with Gasteiger partial charge in [-0.3, -0.25) is 0 Å². The van der Waals surface area contributed by atoms with Gasteiger partial charge in [0.1, 0.15) is 0 Å². The van der Waals surface area contributed by atoms with E-state index >= 15 is 0 Å². The van der Waals surface area contributed by atoms with Crippen LogP contribution in [0.3, 0.4) is 0 Å². The van der Waals surface area contributed by atoms with Gasteiger partial charge in [-0.15, -0.1) is 0 Å². The Bertz CT molecular complexity index is 1740. The van der Waals surface area contributed by atoms with Gasteiger partial charge in [0.25, 0.3) is 0 Å². The molecule has 4 heteroatoms. The van der Waals surface area contributed by atoms with E-state index in [-0.39, 0.29) is 0 Å². The van der Waals surface area contributed by atoms with Crippen LogP contribution in [-0.2, 0) is 12.8 Å². The van der Waals surface area contributed by atoms with Crippen LogP contribution in [0, 0.1) is 27.7 Å². The highest BCUT2D eigenvalue weighted by atomic mass is 14.8. The van der Waals surface area contributed by atoms with Gasteiger partial charge in [-0.05, 0) is 111 Å². The normalized spacial score (nSPS) is 28.9. The number of fused-ring (bicyclic) bond motifs is 3. The Hall–Kier alpha value is -3.40. The van der Waals surface area contributed by atoms with Crippen LogP contribution in [0.2, 0.25) is 0 Å². The van der Waals surface area contributed by atoms with Crippen molar-refractivity contribution in [2.75, 3.05) is 0 Å². The van der Waals surface area contributed by atoms with Crippen molar-refractivity contribution in [2.24, 2.45) is 0 Å². The van der Waals surface area contributed by atoms with Gasteiger partial charge in [0.2, 0.25) is 0 Å². The predicted molar refractivity (Wildman–Crippen MR) is 168 cm³/mol. The molecule has 0 spiro atoms. The lowest BCUT2D eigenvalue weighted by Crippen LogP contribution is -2.25. The van der Waals surface area contributed by atoms with Gasteiger partial charge >= 0.3 is 0 Å². The summed E-state index contributed by atoms with van der Waals surface area (Å²) >= 11 is 0. The maximum atomic E-state index is 3.98. The Kier molecular flexibility index (Phi) is 4.68. The second kappa shape index (κ2) is 8.15. The molecule has 6 atom stereocenters. The van der Waals surface area contributed by atoms with Crippen LogP contribution >= 0.6 is 0 Å². The molecule has 0 radical (unpaired) electrons. The average Bonchev–Trinajstić information content (AvgIpc) is 3.75. The monoisotopic (exact) mass is 554 g/mol. The van der Waals surface area contributed by atoms with Gasteiger partial charge < -0.3 is 19.9 Å². The van der Waals surface area contributed by atoms with Crippen molar-refractivity contribution < 1.29 is 0 Å². The van der Waals surface area contributed by atoms with E-state index in [1.807, 2.05) is 0 Å². The lowest BCUT2D eigenvalue weighted by atomic mass is 9.63. The molecule has 4 aromatic heterocycles. The second-order valence-electron chi connectivity index (χ2n) is 14.6. The van der Waals surface area contributed by atoms with Crippen LogP contribution in [0.1, 0.15) is 164 Å². The van der Waals surface area contributed by atoms with E-state index in [0.717, 1.165) is 12.8 Å². The third-order valence-corrected chi connectivity index (χ3v) is 12.5. The van der Waals surface area contributed by atoms with Crippen LogP contribution in [0.4, 0.5) is 0 Å². The molecule has 4 heterocycles. The van der Waals surface area contributed by atoms with Crippen molar-refractivity contribution in [1.29, 1.82) is 0 Å². The minimum absolute atomic E-state index is 0.506. The molecule has 6 bridgehead atoms. The van der Waals surface area contributed by atoms with Crippen LogP contribution in [0.5, 0.6) is 0 Å². The molecule has 0 aliphatic heterocycles. The molecule has 0 aromatic carbocycles. The zero-order chi connectivity index (χ0) is 28.0. The van der Waals surface area contributed by atoms with Gasteiger partial charge in [0, 0.05) is 93.9 Å². The maximum absolute atomic E-state index is 3.98. The Morgan fingerprint density at radius 1 is 0.405 bits per heavy atom. The van der Waals surface area contributed by atoms with Gasteiger partial charge in [-0.2, -0.15) is 0 Å². The summed E-state index contributed by atoms with van der Waals surface area (Å²) in [5.74, 6) is 3.45. The lowest BCUT2D eigenvalue weighted by Gasteiger charge is -2.39. The number of H-pyrrole nitrogens is 4. The molecule has 4 nitrogen and oxygen atoms in total. The minimum atomic E-state index is 0.506. The summed E-state index contributed by atoms with van der Waals surface area (Å²) in [5, 5.41) is 0. The Labute approximate surface area is 248 Å². The summed E-state index contributed by atoms with van der Waals surface area (Å²) in [6, 6.07) is 0. The molecule has 42 heavy (non-hydrogen) atoms. The number of nitrogens with one attached hydrogen (secondary N) is 4. The molecule has 0 amide bonds. The summed E-state index contributed by atoms with van der Waals surface area (Å²) < 4.78 is 0. The SMILES string of the molecule is Cc1[nH]c(Cc2[nH]c(C)c3c2[C@@H]2C=C[C@H]3CC2)c2c1[C@@H]1CC[C@H]2c2c(C)[nH]c(Cc3[nH]c(C)c4c3[C@@H]3C=C[C@H]4CC3)c21. The molecule has 0 saturated carbocycles. The van der Waals surface area contributed by atoms with E-state index in [1.165, 1.54) is 84.1 Å².